The molecular formula is C5F3NOS. The second kappa shape index (κ2) is 2.86. The van der Waals surface area contributed by atoms with E-state index < -0.39 is 21.8 Å². The molecule has 0 atom stereocenters. The Morgan fingerprint density at radius 1 is 1.27 bits per heavy atom. The number of carbonyl (C=O) groups excluding carboxylic acids is 1. The molecule has 0 bridgehead atoms. The highest BCUT2D eigenvalue weighted by atomic mass is 32.1. The number of isocyanates is 1. The van der Waals surface area contributed by atoms with Crippen molar-refractivity contribution in [2.75, 3.05) is 0 Å². The molecule has 1 aromatic heterocycles. The molecule has 0 radical (unpaired) electrons. The van der Waals surface area contributed by atoms with Crippen molar-refractivity contribution in [2.45, 2.75) is 0 Å². The molecule has 0 N–H and O–H groups in total. The van der Waals surface area contributed by atoms with Crippen molar-refractivity contribution < 1.29 is 18.0 Å². The lowest BCUT2D eigenvalue weighted by Crippen LogP contribution is -1.71. The van der Waals surface area contributed by atoms with Gasteiger partial charge in [0, 0.05) is 0 Å². The van der Waals surface area contributed by atoms with Crippen LogP contribution in [0.5, 0.6) is 0 Å². The molecule has 0 aliphatic heterocycles. The third kappa shape index (κ3) is 1.31. The zero-order valence-corrected chi connectivity index (χ0v) is 5.71. The van der Waals surface area contributed by atoms with Crippen molar-refractivity contribution >= 4 is 23.1 Å². The predicted octanol–water partition coefficient (Wildman–Crippen LogP) is 2.13. The lowest BCUT2D eigenvalue weighted by molar-refractivity contribution is 0.529. The van der Waals surface area contributed by atoms with Gasteiger partial charge in [-0.2, -0.15) is 13.8 Å². The van der Waals surface area contributed by atoms with Gasteiger partial charge in [0.1, 0.15) is 0 Å². The van der Waals surface area contributed by atoms with Gasteiger partial charge in [0.25, 0.3) is 0 Å². The van der Waals surface area contributed by atoms with Crippen LogP contribution in [0.3, 0.4) is 0 Å². The number of aliphatic imine (C=N–C) groups is 1. The summed E-state index contributed by atoms with van der Waals surface area (Å²) in [5.41, 5.74) is -0.914. The van der Waals surface area contributed by atoms with Crippen LogP contribution in [0.25, 0.3) is 0 Å². The molecule has 6 heteroatoms. The molecule has 0 unspecified atom stereocenters. The first-order chi connectivity index (χ1) is 5.16. The van der Waals surface area contributed by atoms with Gasteiger partial charge in [-0.15, -0.1) is 0 Å². The normalized spacial score (nSPS) is 9.36. The molecular weight excluding hydrogens is 179 g/mol. The minimum Gasteiger partial charge on any atom is -0.211 e. The number of nitrogens with zero attached hydrogens (tertiary/aromatic N) is 1. The van der Waals surface area contributed by atoms with E-state index >= 15 is 0 Å². The molecule has 0 spiro atoms. The van der Waals surface area contributed by atoms with Crippen molar-refractivity contribution in [3.63, 3.8) is 0 Å². The summed E-state index contributed by atoms with van der Waals surface area (Å²) in [6, 6.07) is 0. The van der Waals surface area contributed by atoms with Crippen LogP contribution in [0.15, 0.2) is 4.99 Å². The summed E-state index contributed by atoms with van der Waals surface area (Å²) in [6.07, 6.45) is 0.914. The van der Waals surface area contributed by atoms with Crippen LogP contribution in [-0.4, -0.2) is 6.08 Å². The lowest BCUT2D eigenvalue weighted by Gasteiger charge is -1.80. The Hall–Kier alpha value is -1.13. The van der Waals surface area contributed by atoms with Gasteiger partial charge in [-0.25, -0.2) is 9.18 Å². The molecule has 1 aromatic rings. The predicted molar refractivity (Wildman–Crippen MR) is 32.0 cm³/mol. The lowest BCUT2D eigenvalue weighted by atomic mass is 10.5. The number of rotatable bonds is 1. The molecule has 0 aliphatic rings. The van der Waals surface area contributed by atoms with E-state index in [2.05, 4.69) is 4.99 Å². The minimum atomic E-state index is -1.45. The molecule has 0 amide bonds. The van der Waals surface area contributed by atoms with E-state index in [-0.39, 0.29) is 11.3 Å². The highest BCUT2D eigenvalue weighted by molar-refractivity contribution is 7.09. The van der Waals surface area contributed by atoms with E-state index in [9.17, 15) is 18.0 Å². The van der Waals surface area contributed by atoms with E-state index in [0.29, 0.717) is 0 Å². The van der Waals surface area contributed by atoms with Crippen molar-refractivity contribution in [2.24, 2.45) is 4.99 Å². The number of halogens is 3. The molecule has 0 saturated heterocycles. The van der Waals surface area contributed by atoms with Gasteiger partial charge < -0.3 is 0 Å². The Balaban J connectivity index is 3.33. The highest BCUT2D eigenvalue weighted by Crippen LogP contribution is 2.30. The first kappa shape index (κ1) is 7.97. The van der Waals surface area contributed by atoms with Crippen LogP contribution in [-0.2, 0) is 4.79 Å². The SMILES string of the molecule is O=C=Nc1c(F)sc(F)c1F. The summed E-state index contributed by atoms with van der Waals surface area (Å²) in [7, 11) is 0. The van der Waals surface area contributed by atoms with Crippen molar-refractivity contribution in [3.05, 3.63) is 16.1 Å². The number of thiophene rings is 1. The average Bonchev–Trinajstić information content (AvgIpc) is 2.17. The van der Waals surface area contributed by atoms with E-state index in [0.717, 1.165) is 6.08 Å². The summed E-state index contributed by atoms with van der Waals surface area (Å²) in [6.45, 7) is 0. The third-order valence-corrected chi connectivity index (χ3v) is 1.63. The summed E-state index contributed by atoms with van der Waals surface area (Å²) in [5.74, 6) is -1.45. The van der Waals surface area contributed by atoms with Gasteiger partial charge in [-0.1, -0.05) is 11.3 Å². The van der Waals surface area contributed by atoms with Crippen LogP contribution in [0.4, 0.5) is 18.9 Å². The Kier molecular flexibility index (Phi) is 2.07. The average molecular weight is 179 g/mol. The van der Waals surface area contributed by atoms with Gasteiger partial charge >= 0.3 is 0 Å². The van der Waals surface area contributed by atoms with Crippen molar-refractivity contribution in [1.29, 1.82) is 0 Å². The van der Waals surface area contributed by atoms with Crippen LogP contribution < -0.4 is 0 Å². The first-order valence-corrected chi connectivity index (χ1v) is 3.19. The van der Waals surface area contributed by atoms with Crippen LogP contribution in [0, 0.1) is 16.1 Å². The van der Waals surface area contributed by atoms with Gasteiger partial charge in [-0.3, -0.25) is 0 Å². The summed E-state index contributed by atoms with van der Waals surface area (Å²) in [4.78, 5) is 12.2. The van der Waals surface area contributed by atoms with E-state index in [4.69, 9.17) is 0 Å². The van der Waals surface area contributed by atoms with Gasteiger partial charge in [0.05, 0.1) is 0 Å². The maximum absolute atomic E-state index is 12.3. The van der Waals surface area contributed by atoms with Crippen LogP contribution in [0.2, 0.25) is 0 Å². The largest absolute Gasteiger partial charge is 0.240 e. The Bertz CT molecular complexity index is 329. The molecule has 11 heavy (non-hydrogen) atoms. The maximum atomic E-state index is 12.3. The molecule has 0 fully saturated rings. The quantitative estimate of drug-likeness (QED) is 0.479. The fourth-order valence-electron chi connectivity index (χ4n) is 0.490. The number of hydrogen-bond donors (Lipinski definition) is 0. The third-order valence-electron chi connectivity index (χ3n) is 0.903. The molecule has 0 aliphatic carbocycles. The van der Waals surface area contributed by atoms with Gasteiger partial charge in [0.2, 0.25) is 16.3 Å². The second-order valence-corrected chi connectivity index (χ2v) is 2.44. The summed E-state index contributed by atoms with van der Waals surface area (Å²) < 4.78 is 36.8. The fraction of sp³-hybridized carbons (Fsp3) is 0. The Morgan fingerprint density at radius 2 is 1.91 bits per heavy atom. The van der Waals surface area contributed by atoms with Crippen molar-refractivity contribution in [1.82, 2.24) is 0 Å². The topological polar surface area (TPSA) is 29.4 Å². The van der Waals surface area contributed by atoms with Crippen molar-refractivity contribution in [3.8, 4) is 0 Å². The molecule has 58 valence electrons. The van der Waals surface area contributed by atoms with E-state index in [1.807, 2.05) is 0 Å². The zero-order valence-electron chi connectivity index (χ0n) is 4.90. The van der Waals surface area contributed by atoms with E-state index in [1.54, 1.807) is 0 Å². The molecule has 0 aromatic carbocycles. The Morgan fingerprint density at radius 3 is 2.27 bits per heavy atom. The summed E-state index contributed by atoms with van der Waals surface area (Å²) >= 11 is -0.0452. The molecule has 0 saturated carbocycles. The second-order valence-electron chi connectivity index (χ2n) is 1.52. The van der Waals surface area contributed by atoms with Gasteiger partial charge in [-0.05, 0) is 0 Å². The molecule has 1 heterocycles. The Labute approximate surface area is 63.0 Å². The standard InChI is InChI=1S/C5F3NOS/c6-2-3(9-1-10)5(8)11-4(2)7. The first-order valence-electron chi connectivity index (χ1n) is 2.38. The molecule has 2 nitrogen and oxygen atoms in total. The van der Waals surface area contributed by atoms with Crippen LogP contribution >= 0.6 is 11.3 Å². The van der Waals surface area contributed by atoms with Gasteiger partial charge in [0.15, 0.2) is 11.5 Å². The van der Waals surface area contributed by atoms with E-state index in [1.165, 1.54) is 0 Å². The fourth-order valence-corrected chi connectivity index (χ4v) is 1.07. The monoisotopic (exact) mass is 179 g/mol. The smallest absolute Gasteiger partial charge is 0.211 e. The zero-order chi connectivity index (χ0) is 8.43. The summed E-state index contributed by atoms with van der Waals surface area (Å²) in [5, 5.41) is -2.49. The molecule has 1 rings (SSSR count). The minimum absolute atomic E-state index is 0.0452. The maximum Gasteiger partial charge on any atom is 0.240 e. The van der Waals surface area contributed by atoms with Crippen LogP contribution in [0.1, 0.15) is 0 Å². The number of hydrogen-bond acceptors (Lipinski definition) is 3. The highest BCUT2D eigenvalue weighted by Gasteiger charge is 2.17.